The number of hydrogen-bond donors (Lipinski definition) is 1. The average Bonchev–Trinajstić information content (AvgIpc) is 2.97. The van der Waals surface area contributed by atoms with Crippen molar-refractivity contribution in [2.24, 2.45) is 7.05 Å². The number of hydrogen-bond acceptors (Lipinski definition) is 3. The van der Waals surface area contributed by atoms with Gasteiger partial charge in [0.2, 0.25) is 0 Å². The van der Waals surface area contributed by atoms with E-state index >= 15 is 0 Å². The molecule has 4 rings (SSSR count). The molecule has 0 unspecified atom stereocenters. The molecule has 19 heavy (non-hydrogen) atoms. The standard InChI is InChI=1S/C14H11N5/c1-19-8-9(6-16-19)12-3-2-10-11-7-15-5-4-13(11)18-14(10)17-12/h2-8H,1H3,(H,17,18)/i5T,6T,7T. The maximum atomic E-state index is 7.94. The summed E-state index contributed by atoms with van der Waals surface area (Å²) in [7, 11) is 1.76. The number of aryl methyl sites for hydroxylation is 1. The summed E-state index contributed by atoms with van der Waals surface area (Å²) >= 11 is 0. The van der Waals surface area contributed by atoms with Gasteiger partial charge in [0.1, 0.15) is 5.65 Å². The van der Waals surface area contributed by atoms with E-state index in [-0.39, 0.29) is 18.5 Å². The molecule has 0 amide bonds. The maximum absolute atomic E-state index is 7.94. The van der Waals surface area contributed by atoms with Crippen LogP contribution in [0.2, 0.25) is 0 Å². The van der Waals surface area contributed by atoms with E-state index in [9.17, 15) is 0 Å². The summed E-state index contributed by atoms with van der Waals surface area (Å²) in [6, 6.07) is 5.24. The van der Waals surface area contributed by atoms with E-state index in [1.165, 1.54) is 0 Å². The minimum Gasteiger partial charge on any atom is -0.339 e. The first-order valence-corrected chi connectivity index (χ1v) is 5.80. The van der Waals surface area contributed by atoms with Crippen molar-refractivity contribution >= 4 is 21.9 Å². The minimum atomic E-state index is 0.0463. The average molecular weight is 255 g/mol. The van der Waals surface area contributed by atoms with Crippen LogP contribution >= 0.6 is 0 Å². The third-order valence-electron chi connectivity index (χ3n) is 3.05. The summed E-state index contributed by atoms with van der Waals surface area (Å²) in [6.45, 7) is 0. The van der Waals surface area contributed by atoms with Crippen molar-refractivity contribution in [2.45, 2.75) is 0 Å². The fraction of sp³-hybridized carbons (Fsp3) is 0.0714. The van der Waals surface area contributed by atoms with Crippen LogP contribution in [0.15, 0.2) is 42.9 Å². The second-order valence-corrected chi connectivity index (χ2v) is 4.33. The van der Waals surface area contributed by atoms with E-state index in [1.807, 2.05) is 6.07 Å². The Kier molecular flexibility index (Phi) is 1.48. The molecule has 0 bridgehead atoms. The Bertz CT molecular complexity index is 1030. The number of aromatic nitrogens is 5. The number of rotatable bonds is 1. The molecule has 4 aromatic heterocycles. The molecule has 0 aliphatic rings. The number of aromatic amines is 1. The van der Waals surface area contributed by atoms with Gasteiger partial charge in [0.05, 0.1) is 21.5 Å². The number of fused-ring (bicyclic) bond motifs is 3. The van der Waals surface area contributed by atoms with Crippen LogP contribution in [0.1, 0.15) is 4.11 Å². The Morgan fingerprint density at radius 1 is 1.21 bits per heavy atom. The van der Waals surface area contributed by atoms with Gasteiger partial charge in [-0.15, -0.1) is 0 Å². The molecule has 0 aliphatic heterocycles. The van der Waals surface area contributed by atoms with Crippen molar-refractivity contribution in [1.29, 1.82) is 0 Å². The lowest BCUT2D eigenvalue weighted by Crippen LogP contribution is -1.85. The van der Waals surface area contributed by atoms with Crippen molar-refractivity contribution in [3.05, 3.63) is 42.9 Å². The molecule has 5 nitrogen and oxygen atoms in total. The fourth-order valence-electron chi connectivity index (χ4n) is 2.16. The number of nitrogens with one attached hydrogen (secondary N) is 1. The second kappa shape index (κ2) is 3.65. The molecule has 0 saturated heterocycles. The molecule has 0 fully saturated rings. The van der Waals surface area contributed by atoms with Crippen LogP contribution in [-0.4, -0.2) is 24.7 Å². The van der Waals surface area contributed by atoms with E-state index in [0.29, 0.717) is 27.8 Å². The lowest BCUT2D eigenvalue weighted by molar-refractivity contribution is 0.768. The van der Waals surface area contributed by atoms with Crippen LogP contribution in [0.5, 0.6) is 0 Å². The molecule has 0 spiro atoms. The van der Waals surface area contributed by atoms with Gasteiger partial charge in [-0.2, -0.15) is 5.10 Å². The first-order chi connectivity index (χ1) is 10.5. The van der Waals surface area contributed by atoms with E-state index < -0.39 is 0 Å². The molecule has 0 radical (unpaired) electrons. The molecule has 4 aromatic rings. The maximum Gasteiger partial charge on any atom is 0.139 e. The molecular formula is C14H11N5. The van der Waals surface area contributed by atoms with Crippen molar-refractivity contribution in [1.82, 2.24) is 24.7 Å². The summed E-state index contributed by atoms with van der Waals surface area (Å²) < 4.78 is 25.0. The largest absolute Gasteiger partial charge is 0.339 e. The quantitative estimate of drug-likeness (QED) is 0.568. The van der Waals surface area contributed by atoms with Gasteiger partial charge in [0.15, 0.2) is 0 Å². The highest BCUT2D eigenvalue weighted by molar-refractivity contribution is 6.05. The summed E-state index contributed by atoms with van der Waals surface area (Å²) in [5, 5.41) is 5.44. The van der Waals surface area contributed by atoms with Gasteiger partial charge in [0.25, 0.3) is 0 Å². The number of H-pyrrole nitrogens is 1. The normalized spacial score (nSPS) is 13.6. The zero-order valence-electron chi connectivity index (χ0n) is 13.1. The third-order valence-corrected chi connectivity index (χ3v) is 3.05. The van der Waals surface area contributed by atoms with Crippen molar-refractivity contribution in [2.75, 3.05) is 0 Å². The van der Waals surface area contributed by atoms with Gasteiger partial charge in [-0.25, -0.2) is 4.98 Å². The zero-order chi connectivity index (χ0) is 15.4. The van der Waals surface area contributed by atoms with E-state index in [2.05, 4.69) is 20.1 Å². The Balaban J connectivity index is 2.00. The van der Waals surface area contributed by atoms with Crippen molar-refractivity contribution < 1.29 is 4.11 Å². The Hall–Kier alpha value is -2.69. The van der Waals surface area contributed by atoms with Gasteiger partial charge in [-0.1, -0.05) is 0 Å². The highest BCUT2D eigenvalue weighted by Crippen LogP contribution is 2.26. The number of nitrogens with zero attached hydrogens (tertiary/aromatic N) is 4. The molecule has 0 saturated carbocycles. The molecule has 0 aromatic carbocycles. The predicted octanol–water partition coefficient (Wildman–Crippen LogP) is 2.51. The Morgan fingerprint density at radius 3 is 3.00 bits per heavy atom. The molecule has 0 atom stereocenters. The molecule has 4 heterocycles. The highest BCUT2D eigenvalue weighted by Gasteiger charge is 2.08. The highest BCUT2D eigenvalue weighted by atomic mass is 15.2. The Morgan fingerprint density at radius 2 is 2.16 bits per heavy atom. The van der Waals surface area contributed by atoms with E-state index in [0.717, 1.165) is 5.39 Å². The van der Waals surface area contributed by atoms with Gasteiger partial charge in [-0.05, 0) is 18.2 Å². The summed E-state index contributed by atoms with van der Waals surface area (Å²) in [6.07, 6.45) is 2.02. The molecule has 0 aliphatic carbocycles. The molecule has 92 valence electrons. The van der Waals surface area contributed by atoms with Crippen LogP contribution < -0.4 is 0 Å². The second-order valence-electron chi connectivity index (χ2n) is 4.33. The lowest BCUT2D eigenvalue weighted by atomic mass is 10.2. The van der Waals surface area contributed by atoms with Crippen molar-refractivity contribution in [3.8, 4) is 11.3 Å². The summed E-state index contributed by atoms with van der Waals surface area (Å²) in [4.78, 5) is 11.5. The predicted molar refractivity (Wildman–Crippen MR) is 73.6 cm³/mol. The van der Waals surface area contributed by atoms with Crippen LogP contribution in [0.4, 0.5) is 0 Å². The SMILES string of the molecule is [3H]c1cc2[nH]c3nc(-c4cn(C)nc4[3H])ccc3c2c([3H])n1. The Labute approximate surface area is 113 Å². The van der Waals surface area contributed by atoms with Crippen LogP contribution in [0, 0.1) is 0 Å². The smallest absolute Gasteiger partial charge is 0.139 e. The first-order valence-electron chi connectivity index (χ1n) is 7.30. The zero-order valence-corrected chi connectivity index (χ0v) is 10.1. The summed E-state index contributed by atoms with van der Waals surface area (Å²) in [5.74, 6) is 0. The van der Waals surface area contributed by atoms with Crippen LogP contribution in [0.3, 0.4) is 0 Å². The monoisotopic (exact) mass is 255 g/mol. The topological polar surface area (TPSA) is 59.4 Å². The molecule has 5 heteroatoms. The molecule has 1 N–H and O–H groups in total. The third kappa shape index (κ3) is 1.52. The van der Waals surface area contributed by atoms with E-state index in [4.69, 9.17) is 4.11 Å². The van der Waals surface area contributed by atoms with Gasteiger partial charge >= 0.3 is 0 Å². The fourth-order valence-corrected chi connectivity index (χ4v) is 2.16. The summed E-state index contributed by atoms with van der Waals surface area (Å²) in [5.41, 5.74) is 2.56. The molecular weight excluding hydrogens is 238 g/mol. The van der Waals surface area contributed by atoms with Gasteiger partial charge in [0, 0.05) is 41.9 Å². The minimum absolute atomic E-state index is 0.0463. The number of pyridine rings is 2. The van der Waals surface area contributed by atoms with E-state index in [1.54, 1.807) is 30.1 Å². The first kappa shape index (κ1) is 7.68. The lowest BCUT2D eigenvalue weighted by Gasteiger charge is -1.96. The van der Waals surface area contributed by atoms with Gasteiger partial charge < -0.3 is 4.98 Å². The van der Waals surface area contributed by atoms with Gasteiger partial charge in [-0.3, -0.25) is 9.67 Å². The van der Waals surface area contributed by atoms with Crippen LogP contribution in [0.25, 0.3) is 33.2 Å². The van der Waals surface area contributed by atoms with Crippen molar-refractivity contribution in [3.63, 3.8) is 0 Å². The van der Waals surface area contributed by atoms with Crippen LogP contribution in [-0.2, 0) is 7.05 Å².